The Hall–Kier alpha value is -4.03. The number of fused-ring (bicyclic) bond motifs is 2. The Bertz CT molecular complexity index is 1580. The van der Waals surface area contributed by atoms with Gasteiger partial charge in [0.1, 0.15) is 17.7 Å². The molecule has 2 aliphatic heterocycles. The molecule has 0 spiro atoms. The van der Waals surface area contributed by atoms with Gasteiger partial charge in [-0.3, -0.25) is 4.79 Å². The average Bonchev–Trinajstić information content (AvgIpc) is 3.41. The molecule has 1 aromatic heterocycles. The summed E-state index contributed by atoms with van der Waals surface area (Å²) < 4.78 is 85.5. The number of alkyl halides is 5. The summed E-state index contributed by atoms with van der Waals surface area (Å²) in [6.07, 6.45) is -6.68. The molecule has 1 atom stereocenters. The fourth-order valence-electron chi connectivity index (χ4n) is 7.09. The first-order valence-corrected chi connectivity index (χ1v) is 13.6. The summed E-state index contributed by atoms with van der Waals surface area (Å²) in [5.41, 5.74) is -0.806. The summed E-state index contributed by atoms with van der Waals surface area (Å²) in [4.78, 5) is 13.5. The first-order valence-electron chi connectivity index (χ1n) is 13.6. The van der Waals surface area contributed by atoms with Crippen LogP contribution in [0.2, 0.25) is 0 Å². The van der Waals surface area contributed by atoms with E-state index in [4.69, 9.17) is 4.74 Å². The van der Waals surface area contributed by atoms with E-state index in [0.717, 1.165) is 0 Å². The van der Waals surface area contributed by atoms with Crippen molar-refractivity contribution in [1.29, 1.82) is 0 Å². The van der Waals surface area contributed by atoms with Crippen LogP contribution in [0.3, 0.4) is 0 Å². The Balaban J connectivity index is 1.18. The number of carbonyl (C=O) groups is 1. The van der Waals surface area contributed by atoms with Gasteiger partial charge in [0.15, 0.2) is 17.2 Å². The SMILES string of the molecule is CC(Oc1cccc(-n2nc(C(F)(F)F)c3c2N(CC24CC(C(=O)O)(C2)C4)CCC3)c1)c1ccc2c(c1)OC(F)(F)O2. The van der Waals surface area contributed by atoms with Crippen LogP contribution in [0, 0.1) is 10.8 Å². The van der Waals surface area contributed by atoms with Crippen molar-refractivity contribution in [3.05, 3.63) is 59.3 Å². The van der Waals surface area contributed by atoms with Crippen molar-refractivity contribution in [3.8, 4) is 22.9 Å². The lowest BCUT2D eigenvalue weighted by molar-refractivity contribution is -0.286. The Morgan fingerprint density at radius 2 is 1.86 bits per heavy atom. The fraction of sp³-hybridized carbons (Fsp3) is 0.448. The molecule has 1 N–H and O–H groups in total. The molecule has 2 bridgehead atoms. The number of nitrogens with zero attached hydrogens (tertiary/aromatic N) is 3. The van der Waals surface area contributed by atoms with Gasteiger partial charge in [0, 0.05) is 24.7 Å². The van der Waals surface area contributed by atoms with Crippen LogP contribution in [0.15, 0.2) is 42.5 Å². The highest BCUT2D eigenvalue weighted by Crippen LogP contribution is 2.73. The number of carboxylic acids is 1. The van der Waals surface area contributed by atoms with Crippen LogP contribution in [0.25, 0.3) is 5.69 Å². The summed E-state index contributed by atoms with van der Waals surface area (Å²) >= 11 is 0. The van der Waals surface area contributed by atoms with Crippen molar-refractivity contribution in [2.45, 2.75) is 57.6 Å². The Labute approximate surface area is 236 Å². The molecule has 3 aromatic rings. The van der Waals surface area contributed by atoms with E-state index >= 15 is 0 Å². The predicted octanol–water partition coefficient (Wildman–Crippen LogP) is 6.36. The van der Waals surface area contributed by atoms with E-state index in [9.17, 15) is 31.9 Å². The summed E-state index contributed by atoms with van der Waals surface area (Å²) in [6.45, 7) is 2.71. The number of hydrogen-bond donors (Lipinski definition) is 1. The third kappa shape index (κ3) is 4.23. The normalized spacial score (nSPS) is 25.7. The van der Waals surface area contributed by atoms with Crippen LogP contribution in [-0.2, 0) is 17.4 Å². The lowest BCUT2D eigenvalue weighted by atomic mass is 9.35. The highest BCUT2D eigenvalue weighted by molar-refractivity contribution is 5.79. The minimum Gasteiger partial charge on any atom is -0.486 e. The van der Waals surface area contributed by atoms with Crippen molar-refractivity contribution in [3.63, 3.8) is 0 Å². The van der Waals surface area contributed by atoms with Crippen molar-refractivity contribution >= 4 is 11.8 Å². The molecule has 0 saturated heterocycles. The molecular weight excluding hydrogens is 565 g/mol. The zero-order valence-electron chi connectivity index (χ0n) is 22.4. The summed E-state index contributed by atoms with van der Waals surface area (Å²) in [5.74, 6) is -0.320. The molecule has 0 radical (unpaired) electrons. The van der Waals surface area contributed by atoms with E-state index in [1.165, 1.54) is 16.8 Å². The van der Waals surface area contributed by atoms with Gasteiger partial charge in [-0.15, -0.1) is 8.78 Å². The number of aromatic nitrogens is 2. The smallest absolute Gasteiger partial charge is 0.486 e. The molecule has 13 heteroatoms. The lowest BCUT2D eigenvalue weighted by Crippen LogP contribution is -2.69. The van der Waals surface area contributed by atoms with Crippen molar-refractivity contribution in [2.24, 2.45) is 10.8 Å². The molecule has 222 valence electrons. The maximum absolute atomic E-state index is 14.1. The van der Waals surface area contributed by atoms with E-state index in [1.54, 1.807) is 37.3 Å². The van der Waals surface area contributed by atoms with Gasteiger partial charge in [-0.1, -0.05) is 12.1 Å². The highest BCUT2D eigenvalue weighted by atomic mass is 19.4. The molecule has 3 saturated carbocycles. The third-order valence-corrected chi connectivity index (χ3v) is 8.77. The quantitative estimate of drug-likeness (QED) is 0.320. The van der Waals surface area contributed by atoms with E-state index in [0.29, 0.717) is 61.6 Å². The summed E-state index contributed by atoms with van der Waals surface area (Å²) in [7, 11) is 0. The third-order valence-electron chi connectivity index (χ3n) is 8.77. The number of carboxylic acid groups (broad SMARTS) is 1. The molecule has 42 heavy (non-hydrogen) atoms. The van der Waals surface area contributed by atoms with Crippen LogP contribution in [0.4, 0.5) is 27.8 Å². The number of anilines is 1. The van der Waals surface area contributed by atoms with Gasteiger partial charge in [-0.25, -0.2) is 4.68 Å². The Morgan fingerprint density at radius 1 is 1.12 bits per heavy atom. The molecular formula is C29H26F5N3O5. The second-order valence-electron chi connectivity index (χ2n) is 11.8. The first-order chi connectivity index (χ1) is 19.8. The van der Waals surface area contributed by atoms with E-state index in [-0.39, 0.29) is 28.9 Å². The molecule has 2 aromatic carbocycles. The highest BCUT2D eigenvalue weighted by Gasteiger charge is 2.72. The standard InChI is InChI=1S/C29H26F5N3O5/c1-16(17-7-8-21-22(10-17)42-29(33,34)41-21)40-19-5-2-4-18(11-19)37-24-20(23(35-37)28(30,31)32)6-3-9-36(24)15-26-12-27(13-26,14-26)25(38)39/h2,4-5,7-8,10-11,16H,3,6,9,12-15H2,1H3,(H,38,39). The average molecular weight is 592 g/mol. The van der Waals surface area contributed by atoms with Crippen molar-refractivity contribution in [2.75, 3.05) is 18.0 Å². The lowest BCUT2D eigenvalue weighted by Gasteiger charge is -2.69. The number of aliphatic carboxylic acids is 1. The minimum atomic E-state index is -4.65. The molecule has 3 aliphatic carbocycles. The van der Waals surface area contributed by atoms with Crippen LogP contribution < -0.4 is 19.1 Å². The maximum atomic E-state index is 14.1. The van der Waals surface area contributed by atoms with Crippen LogP contribution >= 0.6 is 0 Å². The number of ether oxygens (including phenoxy) is 3. The van der Waals surface area contributed by atoms with Gasteiger partial charge in [0.05, 0.1) is 11.1 Å². The molecule has 0 amide bonds. The monoisotopic (exact) mass is 591 g/mol. The van der Waals surface area contributed by atoms with E-state index < -0.39 is 35.7 Å². The van der Waals surface area contributed by atoms with Gasteiger partial charge < -0.3 is 24.2 Å². The van der Waals surface area contributed by atoms with Gasteiger partial charge in [-0.05, 0) is 74.3 Å². The van der Waals surface area contributed by atoms with Gasteiger partial charge in [0.2, 0.25) is 0 Å². The molecule has 1 unspecified atom stereocenters. The van der Waals surface area contributed by atoms with Crippen LogP contribution in [-0.4, -0.2) is 40.2 Å². The zero-order valence-corrected chi connectivity index (χ0v) is 22.4. The van der Waals surface area contributed by atoms with Crippen molar-refractivity contribution in [1.82, 2.24) is 9.78 Å². The van der Waals surface area contributed by atoms with E-state index in [2.05, 4.69) is 14.6 Å². The van der Waals surface area contributed by atoms with Gasteiger partial charge in [0.25, 0.3) is 0 Å². The topological polar surface area (TPSA) is 86.1 Å². The number of rotatable bonds is 7. The van der Waals surface area contributed by atoms with Gasteiger partial charge in [-0.2, -0.15) is 18.3 Å². The largest absolute Gasteiger partial charge is 0.586 e. The van der Waals surface area contributed by atoms with Crippen LogP contribution in [0.5, 0.6) is 17.2 Å². The van der Waals surface area contributed by atoms with Gasteiger partial charge >= 0.3 is 18.4 Å². The first kappa shape index (κ1) is 26.8. The predicted molar refractivity (Wildman–Crippen MR) is 137 cm³/mol. The number of halogens is 5. The molecule has 8 rings (SSSR count). The molecule has 5 aliphatic rings. The minimum absolute atomic E-state index is 0.0941. The summed E-state index contributed by atoms with van der Waals surface area (Å²) in [5, 5.41) is 13.6. The van der Waals surface area contributed by atoms with Crippen molar-refractivity contribution < 1.29 is 46.1 Å². The Kier molecular flexibility index (Phi) is 5.59. The maximum Gasteiger partial charge on any atom is 0.586 e. The summed E-state index contributed by atoms with van der Waals surface area (Å²) in [6, 6.07) is 10.8. The fourth-order valence-corrected chi connectivity index (χ4v) is 7.09. The molecule has 3 heterocycles. The zero-order chi connectivity index (χ0) is 29.7. The van der Waals surface area contributed by atoms with E-state index in [1.807, 2.05) is 4.90 Å². The second-order valence-corrected chi connectivity index (χ2v) is 11.8. The Morgan fingerprint density at radius 3 is 2.57 bits per heavy atom. The molecule has 8 nitrogen and oxygen atoms in total. The number of hydrogen-bond acceptors (Lipinski definition) is 6. The molecule has 3 fully saturated rings. The second kappa shape index (κ2) is 8.74. The van der Waals surface area contributed by atoms with Crippen LogP contribution in [0.1, 0.15) is 55.5 Å². The number of benzene rings is 2.